The Labute approximate surface area is 611 Å². The van der Waals surface area contributed by atoms with Crippen molar-refractivity contribution in [2.24, 2.45) is 11.8 Å². The van der Waals surface area contributed by atoms with Crippen LogP contribution in [0.1, 0.15) is 297 Å². The number of piperidine rings is 2. The van der Waals surface area contributed by atoms with Crippen molar-refractivity contribution in [1.82, 2.24) is 15.1 Å². The number of aliphatic hydroxyl groups excluding tert-OH is 1. The van der Waals surface area contributed by atoms with Crippen molar-refractivity contribution < 1.29 is 24.5 Å². The molecule has 2 heterocycles. The van der Waals surface area contributed by atoms with Crippen LogP contribution in [-0.4, -0.2) is 137 Å². The Morgan fingerprint density at radius 3 is 1.40 bits per heavy atom. The third-order valence-corrected chi connectivity index (χ3v) is 19.1. The number of carbonyl (C=O) groups is 2. The number of rotatable bonds is 22. The predicted octanol–water partition coefficient (Wildman–Crippen LogP) is 23.9. The molecule has 0 radical (unpaired) electrons. The summed E-state index contributed by atoms with van der Waals surface area (Å²) in [5.41, 5.74) is 2.64. The van der Waals surface area contributed by atoms with E-state index >= 15 is 0 Å². The summed E-state index contributed by atoms with van der Waals surface area (Å²) in [5.74, 6) is 3.86. The Morgan fingerprint density at radius 2 is 1.10 bits per heavy atom. The Hall–Kier alpha value is -0.390. The van der Waals surface area contributed by atoms with E-state index in [4.69, 9.17) is 21.4 Å². The molecule has 2 saturated heterocycles. The second kappa shape index (κ2) is 57.3. The van der Waals surface area contributed by atoms with E-state index in [2.05, 4.69) is 220 Å². The molecule has 0 aliphatic carbocycles. The van der Waals surface area contributed by atoms with E-state index in [1.54, 1.807) is 18.7 Å². The zero-order valence-corrected chi connectivity index (χ0v) is 72.1. The number of unbranched alkanes of at least 4 members (excludes halogenated alkanes) is 3. The van der Waals surface area contributed by atoms with E-state index in [-0.39, 0.29) is 21.9 Å². The zero-order chi connectivity index (χ0) is 73.5. The van der Waals surface area contributed by atoms with Crippen molar-refractivity contribution in [3.05, 3.63) is 52.5 Å². The van der Waals surface area contributed by atoms with Crippen LogP contribution in [0.5, 0.6) is 5.75 Å². The number of thiol groups is 1. The first kappa shape index (κ1) is 101. The molecule has 0 amide bonds. The molecular formula is C78H152ClN3O5S6. The fourth-order valence-corrected chi connectivity index (χ4v) is 14.2. The van der Waals surface area contributed by atoms with Gasteiger partial charge < -0.3 is 30.1 Å². The van der Waals surface area contributed by atoms with E-state index in [1.807, 2.05) is 94.2 Å². The number of halogens is 1. The minimum atomic E-state index is -0.110. The molecule has 4 rings (SSSR count). The highest BCUT2D eigenvalue weighted by molar-refractivity contribution is 8.14. The van der Waals surface area contributed by atoms with Crippen molar-refractivity contribution in [2.75, 3.05) is 50.9 Å². The van der Waals surface area contributed by atoms with Crippen LogP contribution in [0.2, 0.25) is 5.02 Å². The van der Waals surface area contributed by atoms with E-state index in [0.717, 1.165) is 45.7 Å². The van der Waals surface area contributed by atoms with Crippen molar-refractivity contribution in [2.45, 2.75) is 361 Å². The molecule has 8 nitrogen and oxygen atoms in total. The number of hydrogen-bond donors (Lipinski definition) is 4. The third-order valence-electron chi connectivity index (χ3n) is 13.7. The molecule has 0 spiro atoms. The molecule has 0 aromatic heterocycles. The average Bonchev–Trinajstić information content (AvgIpc) is 0.796. The Bertz CT molecular complexity index is 2020. The molecule has 0 saturated carbocycles. The topological polar surface area (TPSA) is 102 Å². The molecule has 0 bridgehead atoms. The maximum atomic E-state index is 10.7. The summed E-state index contributed by atoms with van der Waals surface area (Å²) >= 11 is 18.4. The van der Waals surface area contributed by atoms with Gasteiger partial charge in [-0.3, -0.25) is 9.59 Å². The summed E-state index contributed by atoms with van der Waals surface area (Å²) in [6.07, 6.45) is 13.1. The largest absolute Gasteiger partial charge is 0.507 e. The third kappa shape index (κ3) is 66.0. The number of likely N-dealkylation sites (tertiary alicyclic amines) is 1. The van der Waals surface area contributed by atoms with Crippen LogP contribution in [0.15, 0.2) is 46.2 Å². The highest BCUT2D eigenvalue weighted by Gasteiger charge is 2.37. The summed E-state index contributed by atoms with van der Waals surface area (Å²) in [6.45, 7) is 75.0. The fraction of sp³-hybridized carbons (Fsp3) is 0.821. The first-order valence-corrected chi connectivity index (χ1v) is 41.4. The Balaban J connectivity index is -0.000000320. The maximum absolute atomic E-state index is 10.7. The van der Waals surface area contributed by atoms with Gasteiger partial charge in [0.2, 0.25) is 0 Å². The van der Waals surface area contributed by atoms with E-state index < -0.39 is 0 Å². The Morgan fingerprint density at radius 1 is 0.667 bits per heavy atom. The van der Waals surface area contributed by atoms with E-state index in [0.29, 0.717) is 68.1 Å². The lowest BCUT2D eigenvalue weighted by Gasteiger charge is -2.47. The second-order valence-corrected chi connectivity index (χ2v) is 40.2. The number of nitrogens with one attached hydrogen (secondary N) is 1. The molecule has 15 heteroatoms. The first-order valence-electron chi connectivity index (χ1n) is 35.7. The van der Waals surface area contributed by atoms with Crippen molar-refractivity contribution >= 4 is 94.1 Å². The summed E-state index contributed by atoms with van der Waals surface area (Å²) in [7, 11) is 0. The predicted molar refractivity (Wildman–Crippen MR) is 436 cm³/mol. The lowest BCUT2D eigenvalue weighted by molar-refractivity contribution is -0.139. The van der Waals surface area contributed by atoms with Crippen LogP contribution in [0.25, 0.3) is 0 Å². The smallest absolute Gasteiger partial charge is 0.315 e. The highest BCUT2D eigenvalue weighted by Crippen LogP contribution is 2.42. The molecule has 0 unspecified atom stereocenters. The molecule has 2 aromatic carbocycles. The summed E-state index contributed by atoms with van der Waals surface area (Å²) < 4.78 is 4.73. The quantitative estimate of drug-likeness (QED) is 0.0390. The number of thioether (sulfide) groups is 5. The highest BCUT2D eigenvalue weighted by atomic mass is 35.5. The van der Waals surface area contributed by atoms with Gasteiger partial charge in [-0.05, 0) is 214 Å². The van der Waals surface area contributed by atoms with Crippen molar-refractivity contribution in [1.29, 1.82) is 0 Å². The van der Waals surface area contributed by atoms with Crippen LogP contribution < -0.4 is 5.32 Å². The standard InChI is InChI=1S/C17H28OS.C13H27N.C9H11ClS.C9H20OS.C8H17N.C7H17N.C7H14O2S.C5H10OS.C3H8S/c1-11(2)19-12-9-13(16(3,4)5)15(18)14(10-12)17(6,7)8;1-10(2)7-11-8-12(3,4)14-13(5,6)9-11;1-7(2)11-9-5-3-8(10)4-6-9;1-9(2)11-8-6-4-3-5-7-10;1-8(2)9-6-4-3-5-7-9;1-5-8(6-2)7(3)4;1-4-9-7(8)5-10-6(2)3;1-4(2)7-5(3)6;1-3(2)4/h9-11,18H,1-8H3;10-11,14H,7-9H2,1-6H3;3-7H,1-2H3;9-10H,3-8H2,1-2H3;8H,3-7H2,1-2H3;7H,5-6H2,1-4H3;6H,4-5H2,1-3H3;4H,1-3H3;3-4H,1-2H3. The molecule has 3 N–H and O–H groups in total. The number of hydrogen-bond acceptors (Lipinski definition) is 14. The second-order valence-electron chi connectivity index (χ2n) is 30.4. The summed E-state index contributed by atoms with van der Waals surface area (Å²) in [5, 5.41) is 27.3. The Kier molecular flexibility index (Phi) is 62.3. The first-order chi connectivity index (χ1) is 42.6. The van der Waals surface area contributed by atoms with Gasteiger partial charge in [0.15, 0.2) is 5.12 Å². The fourth-order valence-electron chi connectivity index (χ4n) is 10.3. The number of esters is 1. The van der Waals surface area contributed by atoms with Crippen LogP contribution in [0.3, 0.4) is 0 Å². The van der Waals surface area contributed by atoms with Gasteiger partial charge in [-0.1, -0.05) is 195 Å². The summed E-state index contributed by atoms with van der Waals surface area (Å²) in [4.78, 5) is 28.4. The van der Waals surface area contributed by atoms with Crippen LogP contribution in [0, 0.1) is 11.8 Å². The number of benzene rings is 2. The minimum Gasteiger partial charge on any atom is -0.507 e. The van der Waals surface area contributed by atoms with E-state index in [9.17, 15) is 14.7 Å². The monoisotopic (exact) mass is 1440 g/mol. The van der Waals surface area contributed by atoms with Gasteiger partial charge in [0.25, 0.3) is 0 Å². The van der Waals surface area contributed by atoms with Crippen molar-refractivity contribution in [3.8, 4) is 5.75 Å². The molecule has 552 valence electrons. The lowest BCUT2D eigenvalue weighted by atomic mass is 9.73. The van der Waals surface area contributed by atoms with Gasteiger partial charge in [0.05, 0.1) is 12.4 Å². The molecule has 2 aliphatic rings. The SMILES string of the molecule is CC(=O)SC(C)C.CC(C)CC1CC(C)(C)NC(C)(C)C1.CC(C)N1CCCCC1.CC(C)S.CC(C)SCCCCCCO.CC(C)Sc1cc(C(C)(C)C)c(O)c(C(C)(C)C)c1.CC(C)Sc1ccc(Cl)cc1.CCN(CC)C(C)C.CCOC(=O)CSC(C)C. The molecule has 2 aromatic rings. The lowest BCUT2D eigenvalue weighted by Crippen LogP contribution is -2.57. The maximum Gasteiger partial charge on any atom is 0.315 e. The van der Waals surface area contributed by atoms with Gasteiger partial charge in [-0.25, -0.2) is 0 Å². The number of nitrogens with zero attached hydrogens (tertiary/aromatic N) is 2. The number of carbonyl (C=O) groups excluding carboxylic acids is 2. The summed E-state index contributed by atoms with van der Waals surface area (Å²) in [6, 6.07) is 13.7. The number of aromatic hydroxyl groups is 1. The van der Waals surface area contributed by atoms with Crippen molar-refractivity contribution in [3.63, 3.8) is 0 Å². The zero-order valence-electron chi connectivity index (χ0n) is 66.3. The normalized spacial score (nSPS) is 14.6. The number of ether oxygens (including phenoxy) is 1. The average molecular weight is 1440 g/mol. The number of phenols is 1. The van der Waals surface area contributed by atoms with Gasteiger partial charge in [-0.2, -0.15) is 24.4 Å². The van der Waals surface area contributed by atoms with Gasteiger partial charge >= 0.3 is 5.97 Å². The molecular weight excluding hydrogens is 1290 g/mol. The number of aliphatic hydroxyl groups is 1. The number of phenolic OH excluding ortho intramolecular Hbond substituents is 1. The molecule has 93 heavy (non-hydrogen) atoms. The van der Waals surface area contributed by atoms with Gasteiger partial charge in [-0.15, -0.1) is 35.3 Å². The molecule has 0 atom stereocenters. The molecule has 2 fully saturated rings. The van der Waals surface area contributed by atoms with E-state index in [1.165, 1.54) is 111 Å². The van der Waals surface area contributed by atoms with Crippen LogP contribution >= 0.6 is 83.0 Å². The molecule has 2 aliphatic heterocycles. The van der Waals surface area contributed by atoms with Crippen LogP contribution in [-0.2, 0) is 25.2 Å². The van der Waals surface area contributed by atoms with Gasteiger partial charge in [0, 0.05) is 78.4 Å². The van der Waals surface area contributed by atoms with Crippen LogP contribution in [0.4, 0.5) is 0 Å². The van der Waals surface area contributed by atoms with Gasteiger partial charge in [0.1, 0.15) is 5.75 Å². The minimum absolute atomic E-state index is 0.0440.